The van der Waals surface area contributed by atoms with Crippen LogP contribution in [0.5, 0.6) is 0 Å². The van der Waals surface area contributed by atoms with E-state index in [9.17, 15) is 14.7 Å². The quantitative estimate of drug-likeness (QED) is 0.624. The summed E-state index contributed by atoms with van der Waals surface area (Å²) in [6.07, 6.45) is 1.34. The number of likely N-dealkylation sites (N-methyl/N-ethyl adjacent to an activating group) is 1. The van der Waals surface area contributed by atoms with Gasteiger partial charge in [-0.25, -0.2) is 4.79 Å². The van der Waals surface area contributed by atoms with Crippen molar-refractivity contribution in [3.63, 3.8) is 0 Å². The van der Waals surface area contributed by atoms with Crippen molar-refractivity contribution in [2.24, 2.45) is 0 Å². The largest absolute Gasteiger partial charge is 0.481 e. The third kappa shape index (κ3) is 8.42. The van der Waals surface area contributed by atoms with Crippen LogP contribution >= 0.6 is 0 Å². The smallest absolute Gasteiger partial charge is 0.317 e. The number of hydrogen-bond acceptors (Lipinski definition) is 3. The third-order valence-electron chi connectivity index (χ3n) is 2.63. The van der Waals surface area contributed by atoms with Crippen molar-refractivity contribution in [3.8, 4) is 0 Å². The summed E-state index contributed by atoms with van der Waals surface area (Å²) in [7, 11) is 0. The number of hydrogen-bond donors (Lipinski definition) is 3. The number of carboxylic acid groups (broad SMARTS) is 1. The highest BCUT2D eigenvalue weighted by atomic mass is 16.4. The first-order valence-corrected chi connectivity index (χ1v) is 6.69. The number of carbonyl (C=O) groups excluding carboxylic acids is 1. The average molecular weight is 274 g/mol. The number of aliphatic hydroxyl groups is 1. The summed E-state index contributed by atoms with van der Waals surface area (Å²) in [5.41, 5.74) is -0.972. The molecule has 19 heavy (non-hydrogen) atoms. The molecule has 0 saturated carbocycles. The minimum absolute atomic E-state index is 0.0837. The van der Waals surface area contributed by atoms with Crippen LogP contribution in [0, 0.1) is 0 Å². The van der Waals surface area contributed by atoms with Crippen LogP contribution in [-0.4, -0.2) is 51.8 Å². The fourth-order valence-electron chi connectivity index (χ4n) is 1.84. The summed E-state index contributed by atoms with van der Waals surface area (Å²) in [5, 5.41) is 21.3. The lowest BCUT2D eigenvalue weighted by molar-refractivity contribution is -0.137. The standard InChI is InChI=1S/C13H26N2O4/c1-5-7-10(8-11(16)17)14-12(18)15(6-2)9-13(3,4)19/h10,19H,5-9H2,1-4H3,(H,14,18)(H,16,17). The summed E-state index contributed by atoms with van der Waals surface area (Å²) in [4.78, 5) is 24.2. The molecular weight excluding hydrogens is 248 g/mol. The highest BCUT2D eigenvalue weighted by Crippen LogP contribution is 2.07. The highest BCUT2D eigenvalue weighted by Gasteiger charge is 2.23. The molecule has 0 aliphatic heterocycles. The second-order valence-corrected chi connectivity index (χ2v) is 5.36. The Hall–Kier alpha value is -1.30. The van der Waals surface area contributed by atoms with Gasteiger partial charge in [-0.1, -0.05) is 13.3 Å². The normalized spacial score (nSPS) is 12.9. The fraction of sp³-hybridized carbons (Fsp3) is 0.846. The molecule has 0 aliphatic carbocycles. The maximum atomic E-state index is 12.0. The second-order valence-electron chi connectivity index (χ2n) is 5.36. The van der Waals surface area contributed by atoms with Crippen molar-refractivity contribution in [1.82, 2.24) is 10.2 Å². The monoisotopic (exact) mass is 274 g/mol. The van der Waals surface area contributed by atoms with Gasteiger partial charge in [-0.2, -0.15) is 0 Å². The van der Waals surface area contributed by atoms with Crippen molar-refractivity contribution in [2.45, 2.75) is 58.6 Å². The van der Waals surface area contributed by atoms with E-state index < -0.39 is 11.6 Å². The van der Waals surface area contributed by atoms with Gasteiger partial charge >= 0.3 is 12.0 Å². The molecule has 112 valence electrons. The van der Waals surface area contributed by atoms with Gasteiger partial charge < -0.3 is 20.4 Å². The van der Waals surface area contributed by atoms with Gasteiger partial charge in [-0.3, -0.25) is 4.79 Å². The Morgan fingerprint density at radius 2 is 1.89 bits per heavy atom. The van der Waals surface area contributed by atoms with Gasteiger partial charge in [0.1, 0.15) is 0 Å². The van der Waals surface area contributed by atoms with Gasteiger partial charge in [0.15, 0.2) is 0 Å². The van der Waals surface area contributed by atoms with Crippen LogP contribution in [0.4, 0.5) is 4.79 Å². The van der Waals surface area contributed by atoms with Crippen molar-refractivity contribution < 1.29 is 19.8 Å². The number of amides is 2. The van der Waals surface area contributed by atoms with Crippen LogP contribution in [0.1, 0.15) is 47.0 Å². The first-order chi connectivity index (χ1) is 8.69. The fourth-order valence-corrected chi connectivity index (χ4v) is 1.84. The third-order valence-corrected chi connectivity index (χ3v) is 2.63. The van der Waals surface area contributed by atoms with Crippen LogP contribution in [0.2, 0.25) is 0 Å². The molecule has 1 atom stereocenters. The predicted octanol–water partition coefficient (Wildman–Crippen LogP) is 1.43. The summed E-state index contributed by atoms with van der Waals surface area (Å²) in [6, 6.07) is -0.699. The minimum atomic E-state index is -0.972. The molecule has 2 amide bonds. The Morgan fingerprint density at radius 1 is 1.32 bits per heavy atom. The SMILES string of the molecule is CCCC(CC(=O)O)NC(=O)N(CC)CC(C)(C)O. The summed E-state index contributed by atoms with van der Waals surface area (Å²) in [6.45, 7) is 7.68. The van der Waals surface area contributed by atoms with Gasteiger partial charge in [0.05, 0.1) is 18.6 Å². The first kappa shape index (κ1) is 17.7. The lowest BCUT2D eigenvalue weighted by Gasteiger charge is -2.29. The van der Waals surface area contributed by atoms with E-state index in [1.807, 2.05) is 13.8 Å². The van der Waals surface area contributed by atoms with Gasteiger partial charge in [0, 0.05) is 12.6 Å². The van der Waals surface area contributed by atoms with E-state index in [1.54, 1.807) is 13.8 Å². The number of rotatable bonds is 8. The summed E-state index contributed by atoms with van der Waals surface area (Å²) >= 11 is 0. The zero-order valence-corrected chi connectivity index (χ0v) is 12.3. The molecule has 0 heterocycles. The molecule has 0 aromatic heterocycles. The number of aliphatic carboxylic acids is 1. The van der Waals surface area contributed by atoms with Gasteiger partial charge in [0.25, 0.3) is 0 Å². The van der Waals surface area contributed by atoms with Crippen molar-refractivity contribution in [1.29, 1.82) is 0 Å². The lowest BCUT2D eigenvalue weighted by atomic mass is 10.1. The van der Waals surface area contributed by atoms with Crippen LogP contribution < -0.4 is 5.32 Å². The van der Waals surface area contributed by atoms with Crippen LogP contribution in [0.25, 0.3) is 0 Å². The van der Waals surface area contributed by atoms with Gasteiger partial charge in [-0.15, -0.1) is 0 Å². The van der Waals surface area contributed by atoms with E-state index in [1.165, 1.54) is 4.90 Å². The molecule has 0 rings (SSSR count). The molecule has 6 nitrogen and oxygen atoms in total. The number of urea groups is 1. The van der Waals surface area contributed by atoms with E-state index in [0.717, 1.165) is 6.42 Å². The van der Waals surface area contributed by atoms with E-state index in [2.05, 4.69) is 5.32 Å². The predicted molar refractivity (Wildman–Crippen MR) is 73.0 cm³/mol. The van der Waals surface area contributed by atoms with Gasteiger partial charge in [-0.05, 0) is 27.2 Å². The summed E-state index contributed by atoms with van der Waals surface area (Å²) in [5.74, 6) is -0.927. The minimum Gasteiger partial charge on any atom is -0.481 e. The summed E-state index contributed by atoms with van der Waals surface area (Å²) < 4.78 is 0. The number of carbonyl (C=O) groups is 2. The molecule has 0 saturated heterocycles. The zero-order chi connectivity index (χ0) is 15.1. The molecule has 0 radical (unpaired) electrons. The molecule has 0 aromatic rings. The van der Waals surface area contributed by atoms with E-state index >= 15 is 0 Å². The van der Waals surface area contributed by atoms with Gasteiger partial charge in [0.2, 0.25) is 0 Å². The number of nitrogens with zero attached hydrogens (tertiary/aromatic N) is 1. The Morgan fingerprint density at radius 3 is 2.26 bits per heavy atom. The number of carboxylic acids is 1. The van der Waals surface area contributed by atoms with Crippen LogP contribution in [0.3, 0.4) is 0 Å². The maximum Gasteiger partial charge on any atom is 0.317 e. The molecule has 0 aromatic carbocycles. The molecule has 0 aliphatic rings. The molecule has 0 bridgehead atoms. The van der Waals surface area contributed by atoms with Crippen molar-refractivity contribution in [2.75, 3.05) is 13.1 Å². The lowest BCUT2D eigenvalue weighted by Crippen LogP contribution is -2.49. The molecule has 1 unspecified atom stereocenters. The first-order valence-electron chi connectivity index (χ1n) is 6.69. The van der Waals surface area contributed by atoms with E-state index in [0.29, 0.717) is 13.0 Å². The van der Waals surface area contributed by atoms with E-state index in [-0.39, 0.29) is 25.0 Å². The topological polar surface area (TPSA) is 89.9 Å². The maximum absolute atomic E-state index is 12.0. The van der Waals surface area contributed by atoms with Crippen LogP contribution in [-0.2, 0) is 4.79 Å². The van der Waals surface area contributed by atoms with Crippen molar-refractivity contribution >= 4 is 12.0 Å². The van der Waals surface area contributed by atoms with E-state index in [4.69, 9.17) is 5.11 Å². The molecular formula is C13H26N2O4. The second kappa shape index (κ2) is 7.99. The Labute approximate surface area is 114 Å². The Bertz CT molecular complexity index is 300. The molecule has 3 N–H and O–H groups in total. The molecule has 6 heteroatoms. The Balaban J connectivity index is 4.54. The number of nitrogens with one attached hydrogen (secondary N) is 1. The molecule has 0 fully saturated rings. The highest BCUT2D eigenvalue weighted by molar-refractivity contribution is 5.76. The van der Waals surface area contributed by atoms with Crippen LogP contribution in [0.15, 0.2) is 0 Å². The molecule has 0 spiro atoms. The van der Waals surface area contributed by atoms with Crippen molar-refractivity contribution in [3.05, 3.63) is 0 Å². The Kier molecular flexibility index (Phi) is 7.44. The zero-order valence-electron chi connectivity index (χ0n) is 12.3. The average Bonchev–Trinajstić information content (AvgIpc) is 2.23.